The molecule has 3 atom stereocenters. The highest BCUT2D eigenvalue weighted by Gasteiger charge is 2.15. The summed E-state index contributed by atoms with van der Waals surface area (Å²) in [6.07, 6.45) is 2.96. The molecule has 0 aliphatic rings. The van der Waals surface area contributed by atoms with Crippen LogP contribution in [0.15, 0.2) is 0 Å². The third kappa shape index (κ3) is 9.51. The molecule has 0 saturated heterocycles. The lowest BCUT2D eigenvalue weighted by atomic mass is 10.0. The van der Waals surface area contributed by atoms with Gasteiger partial charge in [0, 0.05) is 12.8 Å². The molecule has 112 valence electrons. The van der Waals surface area contributed by atoms with Gasteiger partial charge in [0.15, 0.2) is 0 Å². The average Bonchev–Trinajstić information content (AvgIpc) is 2.35. The fourth-order valence-corrected chi connectivity index (χ4v) is 1.47. The smallest absolute Gasteiger partial charge is 0.306 e. The number of ether oxygens (including phenoxy) is 2. The minimum absolute atomic E-state index is 0.0295. The molecule has 0 radical (unpaired) electrons. The maximum absolute atomic E-state index is 11.6. The van der Waals surface area contributed by atoms with Crippen molar-refractivity contribution in [3.05, 3.63) is 0 Å². The fourth-order valence-electron chi connectivity index (χ4n) is 1.47. The van der Waals surface area contributed by atoms with Crippen LogP contribution in [0.25, 0.3) is 0 Å². The first-order valence-corrected chi connectivity index (χ1v) is 7.27. The summed E-state index contributed by atoms with van der Waals surface area (Å²) < 4.78 is 10.4. The maximum Gasteiger partial charge on any atom is 0.306 e. The van der Waals surface area contributed by atoms with Crippen molar-refractivity contribution in [1.29, 1.82) is 0 Å². The summed E-state index contributed by atoms with van der Waals surface area (Å²) in [4.78, 5) is 23.0. The molecule has 0 aromatic rings. The van der Waals surface area contributed by atoms with Gasteiger partial charge in [-0.3, -0.25) is 9.59 Å². The van der Waals surface area contributed by atoms with Crippen LogP contribution in [0.1, 0.15) is 66.7 Å². The minimum Gasteiger partial charge on any atom is -0.463 e. The van der Waals surface area contributed by atoms with Gasteiger partial charge in [-0.2, -0.15) is 0 Å². The molecule has 0 aliphatic carbocycles. The normalized spacial score (nSPS) is 15.4. The monoisotopic (exact) mass is 272 g/mol. The molecular formula is C15H28O4. The van der Waals surface area contributed by atoms with Gasteiger partial charge in [-0.25, -0.2) is 0 Å². The molecule has 0 aliphatic heterocycles. The number of rotatable bonds is 9. The van der Waals surface area contributed by atoms with Crippen molar-refractivity contribution in [2.75, 3.05) is 0 Å². The first-order chi connectivity index (χ1) is 8.88. The van der Waals surface area contributed by atoms with Crippen LogP contribution in [-0.4, -0.2) is 24.1 Å². The van der Waals surface area contributed by atoms with E-state index in [0.717, 1.165) is 12.8 Å². The van der Waals surface area contributed by atoms with Gasteiger partial charge in [0.05, 0.1) is 12.2 Å². The summed E-state index contributed by atoms with van der Waals surface area (Å²) in [5, 5.41) is 0. The second-order valence-corrected chi connectivity index (χ2v) is 5.27. The highest BCUT2D eigenvalue weighted by molar-refractivity contribution is 5.71. The quantitative estimate of drug-likeness (QED) is 0.603. The van der Waals surface area contributed by atoms with Crippen molar-refractivity contribution < 1.29 is 19.1 Å². The third-order valence-corrected chi connectivity index (χ3v) is 3.17. The van der Waals surface area contributed by atoms with E-state index in [9.17, 15) is 9.59 Å². The van der Waals surface area contributed by atoms with E-state index < -0.39 is 0 Å². The van der Waals surface area contributed by atoms with Crippen molar-refractivity contribution in [3.63, 3.8) is 0 Å². The van der Waals surface area contributed by atoms with Crippen LogP contribution in [0, 0.1) is 5.92 Å². The molecule has 0 fully saturated rings. The van der Waals surface area contributed by atoms with E-state index in [1.807, 2.05) is 34.6 Å². The summed E-state index contributed by atoms with van der Waals surface area (Å²) in [7, 11) is 0. The summed E-state index contributed by atoms with van der Waals surface area (Å²) in [5.41, 5.74) is 0. The molecule has 19 heavy (non-hydrogen) atoms. The van der Waals surface area contributed by atoms with Crippen LogP contribution in [0.3, 0.4) is 0 Å². The lowest BCUT2D eigenvalue weighted by Gasteiger charge is -2.15. The molecule has 3 unspecified atom stereocenters. The van der Waals surface area contributed by atoms with E-state index in [-0.39, 0.29) is 30.1 Å². The Morgan fingerprint density at radius 1 is 0.895 bits per heavy atom. The molecule has 0 aromatic heterocycles. The summed E-state index contributed by atoms with van der Waals surface area (Å²) in [6.45, 7) is 9.67. The standard InChI is InChI=1S/C15H28O4/c1-6-12(4)18-14(16)9-8-11(3)10-15(17)19-13(5)7-2/h11-13H,6-10H2,1-5H3. The van der Waals surface area contributed by atoms with Crippen LogP contribution in [-0.2, 0) is 19.1 Å². The minimum atomic E-state index is -0.184. The van der Waals surface area contributed by atoms with Gasteiger partial charge in [0.2, 0.25) is 0 Å². The molecule has 0 aromatic carbocycles. The lowest BCUT2D eigenvalue weighted by molar-refractivity contribution is -0.151. The average molecular weight is 272 g/mol. The Hall–Kier alpha value is -1.06. The highest BCUT2D eigenvalue weighted by atomic mass is 16.5. The number of carbonyl (C=O) groups is 2. The Balaban J connectivity index is 3.83. The second-order valence-electron chi connectivity index (χ2n) is 5.27. The van der Waals surface area contributed by atoms with E-state index in [2.05, 4.69) is 0 Å². The molecule has 4 nitrogen and oxygen atoms in total. The van der Waals surface area contributed by atoms with E-state index in [1.165, 1.54) is 0 Å². The van der Waals surface area contributed by atoms with Crippen molar-refractivity contribution in [1.82, 2.24) is 0 Å². The number of hydrogen-bond acceptors (Lipinski definition) is 4. The molecule has 0 amide bonds. The van der Waals surface area contributed by atoms with E-state index in [4.69, 9.17) is 9.47 Å². The topological polar surface area (TPSA) is 52.6 Å². The van der Waals surface area contributed by atoms with Crippen LogP contribution < -0.4 is 0 Å². The van der Waals surface area contributed by atoms with Gasteiger partial charge >= 0.3 is 11.9 Å². The van der Waals surface area contributed by atoms with Crippen LogP contribution >= 0.6 is 0 Å². The van der Waals surface area contributed by atoms with E-state index in [0.29, 0.717) is 19.3 Å². The SMILES string of the molecule is CCC(C)OC(=O)CCC(C)CC(=O)OC(C)CC. The van der Waals surface area contributed by atoms with Crippen LogP contribution in [0.5, 0.6) is 0 Å². The number of hydrogen-bond donors (Lipinski definition) is 0. The van der Waals surface area contributed by atoms with Crippen LogP contribution in [0.2, 0.25) is 0 Å². The molecule has 4 heteroatoms. The zero-order valence-corrected chi connectivity index (χ0v) is 12.9. The van der Waals surface area contributed by atoms with Gasteiger partial charge in [0.1, 0.15) is 0 Å². The van der Waals surface area contributed by atoms with Crippen LogP contribution in [0.4, 0.5) is 0 Å². The van der Waals surface area contributed by atoms with Crippen molar-refractivity contribution in [2.24, 2.45) is 5.92 Å². The Kier molecular flexibility index (Phi) is 9.27. The Morgan fingerprint density at radius 3 is 1.84 bits per heavy atom. The lowest BCUT2D eigenvalue weighted by Crippen LogP contribution is -2.18. The number of esters is 2. The summed E-state index contributed by atoms with van der Waals surface area (Å²) in [6, 6.07) is 0. The van der Waals surface area contributed by atoms with E-state index >= 15 is 0 Å². The summed E-state index contributed by atoms with van der Waals surface area (Å²) in [5.74, 6) is -0.227. The second kappa shape index (κ2) is 9.82. The molecule has 0 N–H and O–H groups in total. The molecule has 0 spiro atoms. The zero-order chi connectivity index (χ0) is 14.8. The predicted molar refractivity (Wildman–Crippen MR) is 74.7 cm³/mol. The summed E-state index contributed by atoms with van der Waals surface area (Å²) >= 11 is 0. The van der Waals surface area contributed by atoms with Gasteiger partial charge in [-0.05, 0) is 39.0 Å². The van der Waals surface area contributed by atoms with Crippen molar-refractivity contribution in [2.45, 2.75) is 78.9 Å². The molecule has 0 rings (SSSR count). The predicted octanol–water partition coefficient (Wildman–Crippen LogP) is 3.48. The molecule has 0 saturated carbocycles. The third-order valence-electron chi connectivity index (χ3n) is 3.17. The highest BCUT2D eigenvalue weighted by Crippen LogP contribution is 2.13. The Bertz CT molecular complexity index is 275. The zero-order valence-electron chi connectivity index (χ0n) is 12.9. The fraction of sp³-hybridized carbons (Fsp3) is 0.867. The molecular weight excluding hydrogens is 244 g/mol. The Labute approximate surface area is 116 Å². The molecule has 0 heterocycles. The van der Waals surface area contributed by atoms with Gasteiger partial charge in [-0.15, -0.1) is 0 Å². The van der Waals surface area contributed by atoms with Gasteiger partial charge in [-0.1, -0.05) is 20.8 Å². The first kappa shape index (κ1) is 17.9. The number of carbonyl (C=O) groups excluding carboxylic acids is 2. The maximum atomic E-state index is 11.6. The largest absolute Gasteiger partial charge is 0.463 e. The first-order valence-electron chi connectivity index (χ1n) is 7.27. The Morgan fingerprint density at radius 2 is 1.37 bits per heavy atom. The van der Waals surface area contributed by atoms with Gasteiger partial charge in [0.25, 0.3) is 0 Å². The van der Waals surface area contributed by atoms with Crippen molar-refractivity contribution >= 4 is 11.9 Å². The van der Waals surface area contributed by atoms with E-state index in [1.54, 1.807) is 0 Å². The van der Waals surface area contributed by atoms with Crippen molar-refractivity contribution in [3.8, 4) is 0 Å². The van der Waals surface area contributed by atoms with Gasteiger partial charge < -0.3 is 9.47 Å². The molecule has 0 bridgehead atoms.